The Morgan fingerprint density at radius 1 is 0.938 bits per heavy atom. The van der Waals surface area contributed by atoms with E-state index in [-0.39, 0.29) is 40.3 Å². The van der Waals surface area contributed by atoms with Crippen molar-refractivity contribution in [3.63, 3.8) is 0 Å². The zero-order valence-corrected chi connectivity index (χ0v) is 27.9. The molecular formula is C34H43ClF3N7O3. The number of amides is 3. The highest BCUT2D eigenvalue weighted by molar-refractivity contribution is 6.33. The number of benzene rings is 2. The van der Waals surface area contributed by atoms with Gasteiger partial charge in [0.1, 0.15) is 6.04 Å². The number of likely N-dealkylation sites (tertiary alicyclic amines) is 3. The van der Waals surface area contributed by atoms with Gasteiger partial charge in [0.25, 0.3) is 0 Å². The van der Waals surface area contributed by atoms with Crippen molar-refractivity contribution in [3.05, 3.63) is 63.0 Å². The minimum Gasteiger partial charge on any atom is -0.386 e. The summed E-state index contributed by atoms with van der Waals surface area (Å²) in [6, 6.07) is 8.62. The van der Waals surface area contributed by atoms with E-state index in [9.17, 15) is 27.6 Å². The van der Waals surface area contributed by atoms with Crippen LogP contribution in [-0.2, 0) is 17.4 Å². The molecule has 3 aliphatic rings. The fourth-order valence-corrected chi connectivity index (χ4v) is 7.99. The maximum Gasteiger partial charge on any atom is 0.418 e. The fourth-order valence-electron chi connectivity index (χ4n) is 7.65. The molecular weight excluding hydrogens is 647 g/mol. The smallest absolute Gasteiger partial charge is 0.386 e. The molecule has 1 atom stereocenters. The maximum absolute atomic E-state index is 14.0. The summed E-state index contributed by atoms with van der Waals surface area (Å²) in [4.78, 5) is 49.2. The molecule has 2 aromatic carbocycles. The van der Waals surface area contributed by atoms with Crippen molar-refractivity contribution < 1.29 is 22.8 Å². The number of rotatable bonds is 7. The summed E-state index contributed by atoms with van der Waals surface area (Å²) in [6.07, 6.45) is 1.47. The summed E-state index contributed by atoms with van der Waals surface area (Å²) in [5, 5.41) is 5.29. The number of anilines is 1. The third kappa shape index (κ3) is 7.31. The number of hydrogen-bond donors (Lipinski definition) is 3. The van der Waals surface area contributed by atoms with Crippen LogP contribution in [0.1, 0.15) is 62.1 Å². The third-order valence-corrected chi connectivity index (χ3v) is 10.5. The number of nitrogens with zero attached hydrogens (tertiary/aromatic N) is 4. The normalized spacial score (nSPS) is 19.4. The van der Waals surface area contributed by atoms with Crippen molar-refractivity contribution in [2.45, 2.75) is 75.7 Å². The highest BCUT2D eigenvalue weighted by atomic mass is 35.5. The van der Waals surface area contributed by atoms with Gasteiger partial charge in [-0.15, -0.1) is 0 Å². The first-order valence-electron chi connectivity index (χ1n) is 16.9. The predicted molar refractivity (Wildman–Crippen MR) is 179 cm³/mol. The molecule has 3 aromatic rings. The number of carbonyl (C=O) groups is 2. The van der Waals surface area contributed by atoms with Gasteiger partial charge in [-0.2, -0.15) is 13.2 Å². The number of fused-ring (bicyclic) bond motifs is 1. The molecule has 1 aromatic heterocycles. The molecule has 10 nitrogen and oxygen atoms in total. The molecule has 0 bridgehead atoms. The molecule has 14 heteroatoms. The van der Waals surface area contributed by atoms with Crippen LogP contribution in [0.15, 0.2) is 41.2 Å². The van der Waals surface area contributed by atoms with E-state index in [2.05, 4.69) is 20.5 Å². The lowest BCUT2D eigenvalue weighted by Gasteiger charge is -2.41. The average molecular weight is 690 g/mol. The number of urea groups is 1. The van der Waals surface area contributed by atoms with Gasteiger partial charge in [-0.3, -0.25) is 9.36 Å². The van der Waals surface area contributed by atoms with E-state index in [0.29, 0.717) is 45.1 Å². The number of nitrogens with one attached hydrogen (secondary N) is 3. The Balaban J connectivity index is 1.17. The molecule has 3 N–H and O–H groups in total. The number of imidazole rings is 1. The number of carbonyl (C=O) groups excluding carboxylic acids is 2. The van der Waals surface area contributed by atoms with Crippen molar-refractivity contribution in [2.75, 3.05) is 51.6 Å². The lowest BCUT2D eigenvalue weighted by Crippen LogP contribution is -2.56. The summed E-state index contributed by atoms with van der Waals surface area (Å²) in [5.41, 5.74) is 0.390. The first-order valence-corrected chi connectivity index (χ1v) is 17.3. The minimum atomic E-state index is -4.67. The number of halogens is 4. The Morgan fingerprint density at radius 2 is 1.58 bits per heavy atom. The summed E-state index contributed by atoms with van der Waals surface area (Å²) in [7, 11) is 1.37. The summed E-state index contributed by atoms with van der Waals surface area (Å²) < 4.78 is 43.7. The van der Waals surface area contributed by atoms with Crippen LogP contribution in [-0.4, -0.2) is 94.6 Å². The van der Waals surface area contributed by atoms with Gasteiger partial charge in [-0.05, 0) is 81.4 Å². The molecule has 0 spiro atoms. The van der Waals surface area contributed by atoms with Gasteiger partial charge in [0, 0.05) is 51.7 Å². The lowest BCUT2D eigenvalue weighted by molar-refractivity contribution is -0.137. The molecule has 0 radical (unpaired) electrons. The molecule has 48 heavy (non-hydrogen) atoms. The van der Waals surface area contributed by atoms with E-state index in [0.717, 1.165) is 43.0 Å². The van der Waals surface area contributed by atoms with E-state index in [1.165, 1.54) is 32.4 Å². The summed E-state index contributed by atoms with van der Waals surface area (Å²) in [6.45, 7) is 3.87. The van der Waals surface area contributed by atoms with Crippen LogP contribution in [0.25, 0.3) is 11.0 Å². The monoisotopic (exact) mass is 689 g/mol. The standard InChI is InChI=1S/C34H43ClF3N7O3/c1-39-30-25(34(36,37)38)19-22(20-26(30)35)21-28(31(46)43-15-9-23(10-16-43)42-13-5-2-6-14-42)41-32(47)44-17-11-24(12-18-44)45-29-8-4-3-7-27(29)40-33(45)48/h3-4,7-8,19-20,23-24,28,39H,2,5-6,9-18,21H2,1H3,(H,40,48)(H,41,47)/t28-/m1/s1. The van der Waals surface area contributed by atoms with Crippen LogP contribution < -0.4 is 16.3 Å². The summed E-state index contributed by atoms with van der Waals surface area (Å²) in [5.74, 6) is -0.317. The molecule has 3 aliphatic heterocycles. The molecule has 3 saturated heterocycles. The van der Waals surface area contributed by atoms with Crippen LogP contribution in [0.3, 0.4) is 0 Å². The number of piperidine rings is 3. The van der Waals surface area contributed by atoms with Gasteiger partial charge >= 0.3 is 17.9 Å². The highest BCUT2D eigenvalue weighted by Crippen LogP contribution is 2.39. The van der Waals surface area contributed by atoms with Crippen LogP contribution in [0.2, 0.25) is 5.02 Å². The Hall–Kier alpha value is -3.71. The van der Waals surface area contributed by atoms with Gasteiger partial charge in [-0.25, -0.2) is 9.59 Å². The molecule has 0 saturated carbocycles. The second kappa shape index (κ2) is 14.4. The average Bonchev–Trinajstić information content (AvgIpc) is 3.43. The van der Waals surface area contributed by atoms with Crippen LogP contribution in [0.4, 0.5) is 23.7 Å². The van der Waals surface area contributed by atoms with E-state index >= 15 is 0 Å². The first kappa shape index (κ1) is 34.2. The second-order valence-corrected chi connectivity index (χ2v) is 13.5. The van der Waals surface area contributed by atoms with Crippen LogP contribution in [0.5, 0.6) is 0 Å². The zero-order valence-electron chi connectivity index (χ0n) is 27.1. The molecule has 6 rings (SSSR count). The molecule has 3 fully saturated rings. The second-order valence-electron chi connectivity index (χ2n) is 13.1. The molecule has 0 unspecified atom stereocenters. The van der Waals surface area contributed by atoms with Gasteiger partial charge in [-0.1, -0.05) is 30.2 Å². The number of aromatic nitrogens is 2. The Bertz CT molecular complexity index is 1670. The number of para-hydroxylation sites is 2. The molecule has 0 aliphatic carbocycles. The molecule has 3 amide bonds. The van der Waals surface area contributed by atoms with Crippen molar-refractivity contribution in [2.24, 2.45) is 0 Å². The number of alkyl halides is 3. The van der Waals surface area contributed by atoms with E-state index in [1.807, 2.05) is 24.3 Å². The molecule has 4 heterocycles. The zero-order chi connectivity index (χ0) is 34.0. The van der Waals surface area contributed by atoms with Crippen molar-refractivity contribution in [1.82, 2.24) is 29.6 Å². The van der Waals surface area contributed by atoms with Crippen LogP contribution in [0, 0.1) is 0 Å². The van der Waals surface area contributed by atoms with Crippen LogP contribution >= 0.6 is 11.6 Å². The largest absolute Gasteiger partial charge is 0.418 e. The van der Waals surface area contributed by atoms with Gasteiger partial charge in [0.05, 0.1) is 27.3 Å². The fraction of sp³-hybridized carbons (Fsp3) is 0.559. The number of aromatic amines is 1. The van der Waals surface area contributed by atoms with E-state index < -0.39 is 23.8 Å². The molecule has 260 valence electrons. The van der Waals surface area contributed by atoms with E-state index in [1.54, 1.807) is 14.4 Å². The quantitative estimate of drug-likeness (QED) is 0.305. The Labute approximate surface area is 282 Å². The van der Waals surface area contributed by atoms with Gasteiger partial charge < -0.3 is 30.3 Å². The van der Waals surface area contributed by atoms with Crippen molar-refractivity contribution in [1.29, 1.82) is 0 Å². The first-order chi connectivity index (χ1) is 23.0. The predicted octanol–water partition coefficient (Wildman–Crippen LogP) is 5.48. The van der Waals surface area contributed by atoms with Crippen molar-refractivity contribution >= 4 is 40.3 Å². The Kier molecular flexibility index (Phi) is 10.3. The third-order valence-electron chi connectivity index (χ3n) is 10.2. The maximum atomic E-state index is 14.0. The Morgan fingerprint density at radius 3 is 2.25 bits per heavy atom. The number of H-pyrrole nitrogens is 1. The number of hydrogen-bond acceptors (Lipinski definition) is 5. The minimum absolute atomic E-state index is 0.107. The lowest BCUT2D eigenvalue weighted by atomic mass is 9.97. The SMILES string of the molecule is CNc1c(Cl)cc(C[C@@H](NC(=O)N2CCC(n3c(=O)[nH]c4ccccc43)CC2)C(=O)N2CCC(N3CCCCC3)CC2)cc1C(F)(F)F. The van der Waals surface area contributed by atoms with E-state index in [4.69, 9.17) is 11.6 Å². The van der Waals surface area contributed by atoms with Crippen molar-refractivity contribution in [3.8, 4) is 0 Å². The van der Waals surface area contributed by atoms with Gasteiger partial charge in [0.2, 0.25) is 5.91 Å². The highest BCUT2D eigenvalue weighted by Gasteiger charge is 2.37. The van der Waals surface area contributed by atoms with Gasteiger partial charge in [0.15, 0.2) is 0 Å². The summed E-state index contributed by atoms with van der Waals surface area (Å²) >= 11 is 6.29. The topological polar surface area (TPSA) is 106 Å².